The second-order valence-electron chi connectivity index (χ2n) is 6.15. The molecule has 0 aliphatic heterocycles. The van der Waals surface area contributed by atoms with E-state index in [0.29, 0.717) is 6.04 Å². The summed E-state index contributed by atoms with van der Waals surface area (Å²) in [6.45, 7) is 7.13. The van der Waals surface area contributed by atoms with Crippen LogP contribution in [0.2, 0.25) is 0 Å². The fourth-order valence-corrected chi connectivity index (χ4v) is 2.96. The van der Waals surface area contributed by atoms with E-state index in [9.17, 15) is 0 Å². The van der Waals surface area contributed by atoms with Crippen molar-refractivity contribution in [3.8, 4) is 0 Å². The summed E-state index contributed by atoms with van der Waals surface area (Å²) in [4.78, 5) is 4.32. The maximum absolute atomic E-state index is 5.19. The average molecular weight is 420 g/mol. The molecule has 1 fully saturated rings. The number of halogens is 1. The summed E-state index contributed by atoms with van der Waals surface area (Å²) in [6.07, 6.45) is 6.02. The van der Waals surface area contributed by atoms with Crippen LogP contribution in [-0.2, 0) is 6.42 Å². The summed E-state index contributed by atoms with van der Waals surface area (Å²) >= 11 is 0. The van der Waals surface area contributed by atoms with Crippen molar-refractivity contribution in [3.63, 3.8) is 0 Å². The monoisotopic (exact) mass is 420 g/mol. The van der Waals surface area contributed by atoms with Crippen molar-refractivity contribution in [1.82, 2.24) is 15.8 Å². The van der Waals surface area contributed by atoms with Crippen LogP contribution in [0.1, 0.15) is 49.6 Å². The van der Waals surface area contributed by atoms with Gasteiger partial charge in [0.2, 0.25) is 0 Å². The largest absolute Gasteiger partial charge is 0.361 e. The smallest absolute Gasteiger partial charge is 0.191 e. The van der Waals surface area contributed by atoms with Crippen LogP contribution in [0.3, 0.4) is 0 Å². The number of aromatic nitrogens is 1. The zero-order valence-corrected chi connectivity index (χ0v) is 16.4. The number of nitrogens with one attached hydrogen (secondary N) is 2. The van der Waals surface area contributed by atoms with Crippen LogP contribution >= 0.6 is 24.0 Å². The zero-order chi connectivity index (χ0) is 15.2. The van der Waals surface area contributed by atoms with Gasteiger partial charge in [-0.2, -0.15) is 0 Å². The van der Waals surface area contributed by atoms with Crippen LogP contribution in [-0.4, -0.2) is 30.8 Å². The van der Waals surface area contributed by atoms with Crippen molar-refractivity contribution in [3.05, 3.63) is 17.0 Å². The SMILES string of the molecule is CN=C(NCCc1c(C)noc1C)NC1CCC(C)CC1.I. The summed E-state index contributed by atoms with van der Waals surface area (Å²) in [7, 11) is 1.83. The average Bonchev–Trinajstić information content (AvgIpc) is 2.80. The molecule has 126 valence electrons. The molecule has 2 rings (SSSR count). The van der Waals surface area contributed by atoms with Crippen LogP contribution in [0, 0.1) is 19.8 Å². The van der Waals surface area contributed by atoms with E-state index in [1.165, 1.54) is 31.2 Å². The van der Waals surface area contributed by atoms with Crippen LogP contribution in [0.15, 0.2) is 9.52 Å². The van der Waals surface area contributed by atoms with Crippen molar-refractivity contribution in [2.45, 2.75) is 58.9 Å². The van der Waals surface area contributed by atoms with E-state index >= 15 is 0 Å². The van der Waals surface area contributed by atoms with Gasteiger partial charge in [0.25, 0.3) is 0 Å². The molecule has 0 radical (unpaired) electrons. The molecule has 1 aromatic rings. The fourth-order valence-electron chi connectivity index (χ4n) is 2.96. The fraction of sp³-hybridized carbons (Fsp3) is 0.750. The molecule has 1 aliphatic carbocycles. The molecule has 0 spiro atoms. The molecule has 1 aliphatic rings. The standard InChI is InChI=1S/C16H28N4O.HI/c1-11-5-7-14(8-6-11)19-16(17-4)18-10-9-15-12(2)20-21-13(15)3;/h11,14H,5-10H2,1-4H3,(H2,17,18,19);1H. The van der Waals surface area contributed by atoms with E-state index in [2.05, 4.69) is 27.7 Å². The number of aryl methyl sites for hydroxylation is 2. The third kappa shape index (κ3) is 5.44. The molecule has 0 atom stereocenters. The molecule has 0 aromatic carbocycles. The van der Waals surface area contributed by atoms with Gasteiger partial charge in [0, 0.05) is 25.2 Å². The van der Waals surface area contributed by atoms with Crippen LogP contribution < -0.4 is 10.6 Å². The molecule has 1 saturated carbocycles. The highest BCUT2D eigenvalue weighted by molar-refractivity contribution is 14.0. The summed E-state index contributed by atoms with van der Waals surface area (Å²) < 4.78 is 5.19. The van der Waals surface area contributed by atoms with Gasteiger partial charge in [0.05, 0.1) is 5.69 Å². The first kappa shape index (κ1) is 19.3. The first-order chi connectivity index (χ1) is 10.1. The van der Waals surface area contributed by atoms with Gasteiger partial charge in [-0.25, -0.2) is 0 Å². The van der Waals surface area contributed by atoms with Gasteiger partial charge in [0.15, 0.2) is 5.96 Å². The molecule has 22 heavy (non-hydrogen) atoms. The van der Waals surface area contributed by atoms with Crippen molar-refractivity contribution >= 4 is 29.9 Å². The predicted molar refractivity (Wildman–Crippen MR) is 101 cm³/mol. The summed E-state index contributed by atoms with van der Waals surface area (Å²) in [5, 5.41) is 10.9. The lowest BCUT2D eigenvalue weighted by Crippen LogP contribution is -2.45. The molecule has 0 saturated heterocycles. The normalized spacial score (nSPS) is 22.1. The summed E-state index contributed by atoms with van der Waals surface area (Å²) in [5.41, 5.74) is 2.18. The zero-order valence-electron chi connectivity index (χ0n) is 14.1. The maximum atomic E-state index is 5.19. The van der Waals surface area contributed by atoms with Gasteiger partial charge >= 0.3 is 0 Å². The van der Waals surface area contributed by atoms with E-state index in [0.717, 1.165) is 36.3 Å². The first-order valence-electron chi connectivity index (χ1n) is 7.99. The molecule has 5 nitrogen and oxygen atoms in total. The molecule has 0 unspecified atom stereocenters. The van der Waals surface area contributed by atoms with E-state index in [4.69, 9.17) is 4.52 Å². The van der Waals surface area contributed by atoms with E-state index < -0.39 is 0 Å². The second kappa shape index (κ2) is 9.37. The Balaban J connectivity index is 0.00000242. The Bertz CT molecular complexity index is 459. The highest BCUT2D eigenvalue weighted by atomic mass is 127. The minimum atomic E-state index is 0. The molecule has 1 heterocycles. The lowest BCUT2D eigenvalue weighted by atomic mass is 9.87. The number of hydrogen-bond acceptors (Lipinski definition) is 3. The van der Waals surface area contributed by atoms with Gasteiger partial charge < -0.3 is 15.2 Å². The third-order valence-electron chi connectivity index (χ3n) is 4.43. The number of aliphatic imine (C=N–C) groups is 1. The third-order valence-corrected chi connectivity index (χ3v) is 4.43. The Kier molecular flexibility index (Phi) is 8.20. The maximum Gasteiger partial charge on any atom is 0.191 e. The van der Waals surface area contributed by atoms with Gasteiger partial charge in [-0.05, 0) is 51.9 Å². The number of hydrogen-bond donors (Lipinski definition) is 2. The Hall–Kier alpha value is -0.790. The Morgan fingerprint density at radius 1 is 1.27 bits per heavy atom. The molecule has 6 heteroatoms. The number of rotatable bonds is 4. The lowest BCUT2D eigenvalue weighted by Gasteiger charge is -2.28. The molecule has 2 N–H and O–H groups in total. The highest BCUT2D eigenvalue weighted by Crippen LogP contribution is 2.23. The van der Waals surface area contributed by atoms with Crippen LogP contribution in [0.4, 0.5) is 0 Å². The molecule has 0 bridgehead atoms. The van der Waals surface area contributed by atoms with Crippen molar-refractivity contribution < 1.29 is 4.52 Å². The topological polar surface area (TPSA) is 62.5 Å². The Labute approximate surface area is 150 Å². The van der Waals surface area contributed by atoms with Gasteiger partial charge in [-0.3, -0.25) is 4.99 Å². The van der Waals surface area contributed by atoms with Crippen molar-refractivity contribution in [2.24, 2.45) is 10.9 Å². The quantitative estimate of drug-likeness (QED) is 0.446. The second-order valence-corrected chi connectivity index (χ2v) is 6.15. The van der Waals surface area contributed by atoms with E-state index in [1.807, 2.05) is 20.9 Å². The van der Waals surface area contributed by atoms with Crippen molar-refractivity contribution in [1.29, 1.82) is 0 Å². The first-order valence-corrected chi connectivity index (χ1v) is 7.99. The molecular formula is C16H29IN4O. The molecule has 0 amide bonds. The molecular weight excluding hydrogens is 391 g/mol. The van der Waals surface area contributed by atoms with Crippen LogP contribution in [0.5, 0.6) is 0 Å². The van der Waals surface area contributed by atoms with Gasteiger partial charge in [-0.15, -0.1) is 24.0 Å². The van der Waals surface area contributed by atoms with Gasteiger partial charge in [0.1, 0.15) is 5.76 Å². The van der Waals surface area contributed by atoms with E-state index in [1.54, 1.807) is 0 Å². The number of guanidine groups is 1. The molecule has 1 aromatic heterocycles. The van der Waals surface area contributed by atoms with Crippen molar-refractivity contribution in [2.75, 3.05) is 13.6 Å². The van der Waals surface area contributed by atoms with E-state index in [-0.39, 0.29) is 24.0 Å². The predicted octanol–water partition coefficient (Wildman–Crippen LogP) is 3.20. The summed E-state index contributed by atoms with van der Waals surface area (Å²) in [5.74, 6) is 2.69. The highest BCUT2D eigenvalue weighted by Gasteiger charge is 2.18. The van der Waals surface area contributed by atoms with Gasteiger partial charge in [-0.1, -0.05) is 12.1 Å². The minimum absolute atomic E-state index is 0. The Morgan fingerprint density at radius 3 is 2.50 bits per heavy atom. The lowest BCUT2D eigenvalue weighted by molar-refractivity contribution is 0.329. The van der Waals surface area contributed by atoms with Crippen LogP contribution in [0.25, 0.3) is 0 Å². The minimum Gasteiger partial charge on any atom is -0.361 e. The summed E-state index contributed by atoms with van der Waals surface area (Å²) in [6, 6.07) is 0.562. The Morgan fingerprint density at radius 2 is 1.95 bits per heavy atom. The number of nitrogens with zero attached hydrogens (tertiary/aromatic N) is 2.